The first-order chi connectivity index (χ1) is 39.1. The zero-order valence-electron chi connectivity index (χ0n) is 52.4. The van der Waals surface area contributed by atoms with Gasteiger partial charge in [-0.05, 0) is 122 Å². The van der Waals surface area contributed by atoms with Gasteiger partial charge in [0.25, 0.3) is 0 Å². The van der Waals surface area contributed by atoms with Crippen LogP contribution in [0.15, 0.2) is 74.4 Å². The van der Waals surface area contributed by atoms with Crippen molar-refractivity contribution in [3.63, 3.8) is 0 Å². The Balaban J connectivity index is -0.000000213. The molecule has 0 radical (unpaired) electrons. The summed E-state index contributed by atoms with van der Waals surface area (Å²) in [6.07, 6.45) is 69.3. The molecule has 0 saturated heterocycles. The van der Waals surface area contributed by atoms with Crippen molar-refractivity contribution >= 4 is 35.8 Å². The molecule has 0 fully saturated rings. The lowest BCUT2D eigenvalue weighted by molar-refractivity contribution is -0.138. The van der Waals surface area contributed by atoms with Crippen LogP contribution in [0.5, 0.6) is 0 Å². The molecular weight excluding hydrogens is 1020 g/mol. The van der Waals surface area contributed by atoms with Gasteiger partial charge in [-0.2, -0.15) is 0 Å². The maximum Gasteiger partial charge on any atom is 0.303 e. The second-order valence-corrected chi connectivity index (χ2v) is 20.9. The Morgan fingerprint density at radius 3 is 0.667 bits per heavy atom. The number of aliphatic carboxylic acids is 6. The molecule has 0 aliphatic heterocycles. The van der Waals surface area contributed by atoms with Crippen molar-refractivity contribution in [2.24, 2.45) is 0 Å². The van der Waals surface area contributed by atoms with Crippen LogP contribution in [0.3, 0.4) is 0 Å². The van der Waals surface area contributed by atoms with E-state index in [0.29, 0.717) is 38.5 Å². The Labute approximate surface area is 496 Å². The van der Waals surface area contributed by atoms with Gasteiger partial charge in [0.2, 0.25) is 0 Å². The van der Waals surface area contributed by atoms with E-state index in [1.54, 1.807) is 6.08 Å². The minimum absolute atomic E-state index is 0.198. The number of hydrogen-bond donors (Lipinski definition) is 6. The lowest BCUT2D eigenvalue weighted by Gasteiger charge is -1.99. The minimum atomic E-state index is -0.764. The molecule has 0 spiro atoms. The summed E-state index contributed by atoms with van der Waals surface area (Å²) < 4.78 is 0. The van der Waals surface area contributed by atoms with E-state index in [4.69, 9.17) is 30.6 Å². The fraction of sp³-hybridized carbons (Fsp3) is 0.739. The summed E-state index contributed by atoms with van der Waals surface area (Å²) in [5.74, 6) is -4.17. The molecule has 0 heterocycles. The van der Waals surface area contributed by atoms with Crippen LogP contribution in [0, 0.1) is 0 Å². The normalized spacial score (nSPS) is 10.4. The second-order valence-electron chi connectivity index (χ2n) is 20.9. The van der Waals surface area contributed by atoms with Crippen LogP contribution >= 0.6 is 0 Å². The summed E-state index contributed by atoms with van der Waals surface area (Å²) in [5, 5.41) is 50.0. The van der Waals surface area contributed by atoms with E-state index in [2.05, 4.69) is 64.0 Å². The molecule has 0 atom stereocenters. The van der Waals surface area contributed by atoms with Crippen molar-refractivity contribution in [1.82, 2.24) is 0 Å². The van der Waals surface area contributed by atoms with Crippen LogP contribution in [0.1, 0.15) is 329 Å². The lowest BCUT2D eigenvalue weighted by atomic mass is 10.1. The van der Waals surface area contributed by atoms with E-state index in [0.717, 1.165) is 89.9 Å². The van der Waals surface area contributed by atoms with Crippen molar-refractivity contribution < 1.29 is 59.4 Å². The summed E-state index contributed by atoms with van der Waals surface area (Å²) in [6, 6.07) is 0. The average Bonchev–Trinajstić information content (AvgIpc) is 3.42. The van der Waals surface area contributed by atoms with E-state index < -0.39 is 35.8 Å². The van der Waals surface area contributed by atoms with Crippen molar-refractivity contribution in [2.45, 2.75) is 329 Å². The summed E-state index contributed by atoms with van der Waals surface area (Å²) in [6.45, 7) is 17.2. The molecule has 0 saturated carbocycles. The SMILES string of the molecule is C/C=C/CCCCCCC(=O)O.C=CCCC(=O)O.C=CCCCCCCCC(=O)O.C=CCCCCCCCCC(=O)O.CCCCCCCC/C=C\CCCCCCCC(=O)O.CCCCCCCCCCC=CCCC(=O)O. The standard InChI is InChI=1S/C18H34O2.C15H28O2.C11H20O2.2C10H18O2.C5H8O2/c1-2-3-4-5-6-7-8-9-10-11-12-13-14-15-16-17-18(19)20;1-2-3-4-5-6-7-8-9-10-11-12-13-14-15(16)17;1-2-3-4-5-6-7-8-9-10-11(12)13;2*1-2-3-4-5-6-7-8-9-10(11)12;1-2-3-4-5(6)7/h9-10H,2-8,11-17H2,1H3,(H,19,20);11-12H,2-10,13-14H2,1H3,(H,16,17);2H,1,3-10H2,(H,12,13);2-3H,4-9H2,1H3,(H,11,12);2H,1,3-9H2,(H,11,12);2H,1,3-4H2,(H,6,7)/b10-9-;;;3-2+;;. The number of hydrogen-bond acceptors (Lipinski definition) is 6. The molecule has 12 heteroatoms. The fourth-order valence-electron chi connectivity index (χ4n) is 7.84. The highest BCUT2D eigenvalue weighted by molar-refractivity contribution is 5.68. The third kappa shape index (κ3) is 119. The number of rotatable bonds is 54. The first-order valence-electron chi connectivity index (χ1n) is 32.2. The van der Waals surface area contributed by atoms with Crippen LogP contribution in [0.2, 0.25) is 0 Å². The monoisotopic (exact) mass is 1150 g/mol. The molecule has 0 aromatic carbocycles. The van der Waals surface area contributed by atoms with Crippen molar-refractivity contribution in [1.29, 1.82) is 0 Å². The van der Waals surface area contributed by atoms with Gasteiger partial charge in [-0.25, -0.2) is 0 Å². The number of carboxylic acids is 6. The summed E-state index contributed by atoms with van der Waals surface area (Å²) in [5.41, 5.74) is 0. The van der Waals surface area contributed by atoms with Gasteiger partial charge in [-0.1, -0.05) is 223 Å². The fourth-order valence-corrected chi connectivity index (χ4v) is 7.84. The van der Waals surface area contributed by atoms with Gasteiger partial charge < -0.3 is 30.6 Å². The third-order valence-corrected chi connectivity index (χ3v) is 12.7. The van der Waals surface area contributed by atoms with Crippen LogP contribution < -0.4 is 0 Å². The Kier molecular flexibility index (Phi) is 90.8. The number of carbonyl (C=O) groups is 6. The molecule has 81 heavy (non-hydrogen) atoms. The molecular formula is C69H126O12. The molecule has 0 aliphatic rings. The molecule has 0 amide bonds. The van der Waals surface area contributed by atoms with Crippen molar-refractivity contribution in [2.75, 3.05) is 0 Å². The van der Waals surface area contributed by atoms with Crippen LogP contribution in [-0.2, 0) is 28.8 Å². The lowest BCUT2D eigenvalue weighted by Crippen LogP contribution is -1.93. The number of allylic oxidation sites excluding steroid dienone is 9. The largest absolute Gasteiger partial charge is 0.481 e. The van der Waals surface area contributed by atoms with E-state index >= 15 is 0 Å². The Bertz CT molecular complexity index is 1470. The topological polar surface area (TPSA) is 224 Å². The molecule has 0 unspecified atom stereocenters. The molecule has 0 aromatic rings. The van der Waals surface area contributed by atoms with Crippen LogP contribution in [-0.4, -0.2) is 66.5 Å². The van der Waals surface area contributed by atoms with Gasteiger partial charge in [0.1, 0.15) is 0 Å². The van der Waals surface area contributed by atoms with E-state index in [9.17, 15) is 28.8 Å². The zero-order valence-corrected chi connectivity index (χ0v) is 52.4. The van der Waals surface area contributed by atoms with Crippen LogP contribution in [0.4, 0.5) is 0 Å². The highest BCUT2D eigenvalue weighted by Gasteiger charge is 2.00. The molecule has 6 N–H and O–H groups in total. The van der Waals surface area contributed by atoms with Crippen LogP contribution in [0.25, 0.3) is 0 Å². The first-order valence-corrected chi connectivity index (χ1v) is 32.2. The second kappa shape index (κ2) is 84.1. The minimum Gasteiger partial charge on any atom is -0.481 e. The first kappa shape index (κ1) is 87.5. The Morgan fingerprint density at radius 2 is 0.444 bits per heavy atom. The maximum absolute atomic E-state index is 10.3. The average molecular weight is 1150 g/mol. The van der Waals surface area contributed by atoms with Crippen molar-refractivity contribution in [3.8, 4) is 0 Å². The van der Waals surface area contributed by atoms with Gasteiger partial charge in [0.05, 0.1) is 0 Å². The smallest absolute Gasteiger partial charge is 0.303 e. The molecule has 474 valence electrons. The number of carboxylic acid groups (broad SMARTS) is 6. The summed E-state index contributed by atoms with van der Waals surface area (Å²) in [7, 11) is 0. The molecule has 0 aliphatic carbocycles. The zero-order chi connectivity index (χ0) is 61.8. The molecule has 0 aromatic heterocycles. The van der Waals surface area contributed by atoms with Gasteiger partial charge in [-0.3, -0.25) is 28.8 Å². The predicted octanol–water partition coefficient (Wildman–Crippen LogP) is 21.4. The Morgan fingerprint density at radius 1 is 0.247 bits per heavy atom. The van der Waals surface area contributed by atoms with Gasteiger partial charge >= 0.3 is 35.8 Å². The maximum atomic E-state index is 10.3. The van der Waals surface area contributed by atoms with Gasteiger partial charge in [0.15, 0.2) is 0 Å². The van der Waals surface area contributed by atoms with E-state index in [1.165, 1.54) is 167 Å². The summed E-state index contributed by atoms with van der Waals surface area (Å²) in [4.78, 5) is 60.7. The molecule has 0 rings (SSSR count). The predicted molar refractivity (Wildman–Crippen MR) is 342 cm³/mol. The quantitative estimate of drug-likeness (QED) is 0.0247. The molecule has 12 nitrogen and oxygen atoms in total. The van der Waals surface area contributed by atoms with Gasteiger partial charge in [-0.15, -0.1) is 19.7 Å². The highest BCUT2D eigenvalue weighted by atomic mass is 16.4. The van der Waals surface area contributed by atoms with E-state index in [1.807, 2.05) is 25.2 Å². The molecule has 0 bridgehead atoms. The van der Waals surface area contributed by atoms with Gasteiger partial charge in [0, 0.05) is 38.5 Å². The summed E-state index contributed by atoms with van der Waals surface area (Å²) >= 11 is 0. The Hall–Kier alpha value is -4.74. The highest BCUT2D eigenvalue weighted by Crippen LogP contribution is 2.13. The van der Waals surface area contributed by atoms with E-state index in [-0.39, 0.29) is 12.8 Å². The van der Waals surface area contributed by atoms with Crippen molar-refractivity contribution in [3.05, 3.63) is 74.4 Å². The number of unbranched alkanes of at least 4 members (excludes halogenated alkanes) is 34. The third-order valence-electron chi connectivity index (χ3n) is 12.7.